The summed E-state index contributed by atoms with van der Waals surface area (Å²) in [6, 6.07) is 20.8. The number of fused-ring (bicyclic) bond motifs is 2. The van der Waals surface area contributed by atoms with E-state index in [1.807, 2.05) is 70.5 Å². The normalized spacial score (nSPS) is 19.2. The van der Waals surface area contributed by atoms with E-state index in [4.69, 9.17) is 37.4 Å². The molecule has 236 valence electrons. The second-order valence-electron chi connectivity index (χ2n) is 11.7. The molecule has 45 heavy (non-hydrogen) atoms. The summed E-state index contributed by atoms with van der Waals surface area (Å²) in [7, 11) is 1.61. The Kier molecular flexibility index (Phi) is 9.54. The maximum Gasteiger partial charge on any atom is 0.252 e. The number of carbonyl (C=O) groups excluding carboxylic acids is 2. The van der Waals surface area contributed by atoms with Crippen molar-refractivity contribution in [3.05, 3.63) is 93.5 Å². The van der Waals surface area contributed by atoms with Gasteiger partial charge in [-0.2, -0.15) is 0 Å². The van der Waals surface area contributed by atoms with E-state index in [0.717, 1.165) is 29.5 Å². The van der Waals surface area contributed by atoms with Crippen molar-refractivity contribution in [2.45, 2.75) is 50.9 Å². The number of halogens is 2. The van der Waals surface area contributed by atoms with Crippen LogP contribution in [0.15, 0.2) is 72.3 Å². The van der Waals surface area contributed by atoms with Crippen LogP contribution in [0.3, 0.4) is 0 Å². The third-order valence-corrected chi connectivity index (χ3v) is 9.44. The molecule has 2 atom stereocenters. The molecule has 2 heterocycles. The van der Waals surface area contributed by atoms with Crippen LogP contribution in [0.5, 0.6) is 17.2 Å². The van der Waals surface area contributed by atoms with Crippen molar-refractivity contribution in [3.8, 4) is 17.2 Å². The van der Waals surface area contributed by atoms with Crippen LogP contribution >= 0.6 is 23.2 Å². The Morgan fingerprint density at radius 1 is 0.933 bits per heavy atom. The first-order chi connectivity index (χ1) is 21.8. The van der Waals surface area contributed by atoms with Crippen molar-refractivity contribution in [3.63, 3.8) is 0 Å². The maximum absolute atomic E-state index is 14.5. The number of nitrogens with one attached hydrogen (secondary N) is 1. The molecule has 3 aromatic rings. The molecular formula is C35H37Cl2N3O5. The highest BCUT2D eigenvalue weighted by Gasteiger charge is 2.43. The molecule has 6 rings (SSSR count). The summed E-state index contributed by atoms with van der Waals surface area (Å²) in [5, 5.41) is 4.58. The molecule has 0 radical (unpaired) electrons. The molecule has 0 aromatic heterocycles. The molecule has 1 aliphatic carbocycles. The van der Waals surface area contributed by atoms with Crippen molar-refractivity contribution in [1.82, 2.24) is 15.1 Å². The van der Waals surface area contributed by atoms with Gasteiger partial charge in [-0.1, -0.05) is 59.6 Å². The summed E-state index contributed by atoms with van der Waals surface area (Å²) in [6.07, 6.45) is 2.52. The molecule has 10 heteroatoms. The molecular weight excluding hydrogens is 613 g/mol. The fourth-order valence-electron chi connectivity index (χ4n) is 6.19. The molecule has 2 bridgehead atoms. The summed E-state index contributed by atoms with van der Waals surface area (Å²) < 4.78 is 17.1. The number of hydrogen-bond donors (Lipinski definition) is 1. The Morgan fingerprint density at radius 3 is 2.38 bits per heavy atom. The Labute approximate surface area is 273 Å². The van der Waals surface area contributed by atoms with Gasteiger partial charge in [0.1, 0.15) is 19.0 Å². The van der Waals surface area contributed by atoms with Crippen LogP contribution < -0.4 is 19.5 Å². The number of amides is 2. The molecule has 3 aromatic carbocycles. The zero-order valence-corrected chi connectivity index (χ0v) is 26.9. The quantitative estimate of drug-likeness (QED) is 0.257. The second-order valence-corrected chi connectivity index (χ2v) is 12.5. The number of nitrogens with zero attached hydrogens (tertiary/aromatic N) is 2. The number of hydrogen-bond acceptors (Lipinski definition) is 6. The molecule has 3 aliphatic rings. The van der Waals surface area contributed by atoms with Crippen LogP contribution in [0.25, 0.3) is 5.57 Å². The third kappa shape index (κ3) is 7.08. The first kappa shape index (κ1) is 31.3. The first-order valence-corrected chi connectivity index (χ1v) is 16.1. The number of methoxy groups -OCH3 is 1. The minimum Gasteiger partial charge on any atom is -0.493 e. The van der Waals surface area contributed by atoms with Crippen molar-refractivity contribution in [2.75, 3.05) is 33.4 Å². The highest BCUT2D eigenvalue weighted by atomic mass is 35.5. The van der Waals surface area contributed by atoms with Gasteiger partial charge in [-0.15, -0.1) is 0 Å². The fourth-order valence-corrected chi connectivity index (χ4v) is 6.57. The third-order valence-electron chi connectivity index (χ3n) is 8.58. The monoisotopic (exact) mass is 649 g/mol. The standard InChI is InChI=1S/C35H37Cl2N3O5/c1-22(41)39-20-25-18-28(23-10-14-27(15-11-23)44-16-17-45-32-9-4-3-8-31(32)43-2)33(30(21-39)38-25)35(42)40(26-12-13-26)19-24-6-5-7-29(36)34(24)37/h3-11,14-15,25-26,30,38H,12-13,16-21H2,1-2H3/t25-,30-/m1/s1. The minimum absolute atomic E-state index is 0.0164. The predicted molar refractivity (Wildman–Crippen MR) is 175 cm³/mol. The van der Waals surface area contributed by atoms with Gasteiger partial charge in [0.15, 0.2) is 11.5 Å². The number of ether oxygens (including phenoxy) is 3. The predicted octanol–water partition coefficient (Wildman–Crippen LogP) is 6.00. The van der Waals surface area contributed by atoms with Gasteiger partial charge in [0.05, 0.1) is 23.2 Å². The lowest BCUT2D eigenvalue weighted by molar-refractivity contribution is -0.132. The van der Waals surface area contributed by atoms with Crippen LogP contribution in [0.4, 0.5) is 0 Å². The van der Waals surface area contributed by atoms with E-state index in [9.17, 15) is 9.59 Å². The highest BCUT2D eigenvalue weighted by molar-refractivity contribution is 6.42. The molecule has 0 spiro atoms. The van der Waals surface area contributed by atoms with Gasteiger partial charge >= 0.3 is 0 Å². The Morgan fingerprint density at radius 2 is 1.67 bits per heavy atom. The van der Waals surface area contributed by atoms with Gasteiger partial charge in [0.2, 0.25) is 5.91 Å². The summed E-state index contributed by atoms with van der Waals surface area (Å²) in [5.74, 6) is 2.04. The average molecular weight is 651 g/mol. The lowest BCUT2D eigenvalue weighted by Gasteiger charge is -2.44. The Bertz CT molecular complexity index is 1590. The molecule has 1 saturated carbocycles. The van der Waals surface area contributed by atoms with Crippen molar-refractivity contribution >= 4 is 40.6 Å². The van der Waals surface area contributed by atoms with E-state index < -0.39 is 0 Å². The topological polar surface area (TPSA) is 80.3 Å². The van der Waals surface area contributed by atoms with Crippen molar-refractivity contribution in [1.29, 1.82) is 0 Å². The molecule has 0 unspecified atom stereocenters. The van der Waals surface area contributed by atoms with Crippen LogP contribution in [-0.2, 0) is 16.1 Å². The molecule has 2 amide bonds. The van der Waals surface area contributed by atoms with Gasteiger partial charge < -0.3 is 29.3 Å². The maximum atomic E-state index is 14.5. The highest BCUT2D eigenvalue weighted by Crippen LogP contribution is 2.38. The number of carbonyl (C=O) groups is 2. The largest absolute Gasteiger partial charge is 0.493 e. The summed E-state index contributed by atoms with van der Waals surface area (Å²) in [4.78, 5) is 30.7. The van der Waals surface area contributed by atoms with E-state index >= 15 is 0 Å². The molecule has 2 aliphatic heterocycles. The number of piperazine rings is 1. The van der Waals surface area contributed by atoms with Gasteiger partial charge in [-0.25, -0.2) is 0 Å². The first-order valence-electron chi connectivity index (χ1n) is 15.3. The van der Waals surface area contributed by atoms with Crippen molar-refractivity contribution < 1.29 is 23.8 Å². The minimum atomic E-state index is -0.275. The van der Waals surface area contributed by atoms with Crippen LogP contribution in [0.2, 0.25) is 10.0 Å². The smallest absolute Gasteiger partial charge is 0.252 e. The van der Waals surface area contributed by atoms with Gasteiger partial charge in [0, 0.05) is 44.2 Å². The zero-order valence-electron chi connectivity index (χ0n) is 25.4. The molecule has 8 nitrogen and oxygen atoms in total. The summed E-state index contributed by atoms with van der Waals surface area (Å²) in [6.45, 7) is 3.73. The fraction of sp³-hybridized carbons (Fsp3) is 0.371. The van der Waals surface area contributed by atoms with E-state index in [1.54, 1.807) is 20.1 Å². The van der Waals surface area contributed by atoms with E-state index in [0.29, 0.717) is 72.1 Å². The van der Waals surface area contributed by atoms with Crippen LogP contribution in [-0.4, -0.2) is 73.2 Å². The molecule has 1 saturated heterocycles. The molecule has 1 N–H and O–H groups in total. The van der Waals surface area contributed by atoms with E-state index in [2.05, 4.69) is 5.32 Å². The van der Waals surface area contributed by atoms with Crippen molar-refractivity contribution in [2.24, 2.45) is 0 Å². The Hall–Kier alpha value is -3.72. The summed E-state index contributed by atoms with van der Waals surface area (Å²) >= 11 is 12.9. The number of benzene rings is 3. The van der Waals surface area contributed by atoms with Gasteiger partial charge in [0.25, 0.3) is 5.91 Å². The van der Waals surface area contributed by atoms with Gasteiger partial charge in [-0.05, 0) is 66.3 Å². The average Bonchev–Trinajstić information content (AvgIpc) is 3.89. The lowest BCUT2D eigenvalue weighted by Crippen LogP contribution is -2.61. The van der Waals surface area contributed by atoms with E-state index in [1.165, 1.54) is 0 Å². The van der Waals surface area contributed by atoms with Gasteiger partial charge in [-0.3, -0.25) is 9.59 Å². The van der Waals surface area contributed by atoms with E-state index in [-0.39, 0.29) is 29.9 Å². The van der Waals surface area contributed by atoms with Crippen LogP contribution in [0.1, 0.15) is 37.3 Å². The van der Waals surface area contributed by atoms with Crippen LogP contribution in [0, 0.1) is 0 Å². The lowest BCUT2D eigenvalue weighted by atomic mass is 9.82. The zero-order chi connectivity index (χ0) is 31.5. The summed E-state index contributed by atoms with van der Waals surface area (Å²) in [5.41, 5.74) is 3.51. The number of para-hydroxylation sites is 2. The molecule has 2 fully saturated rings. The second kappa shape index (κ2) is 13.7. The Balaban J connectivity index is 1.24. The SMILES string of the molecule is COc1ccccc1OCCOc1ccc(C2=C(C(=O)N(Cc3cccc(Cl)c3Cl)C3CC3)[C@H]3CN(C(C)=O)C[C@@H](C2)N3)cc1. The number of rotatable bonds is 11.